The van der Waals surface area contributed by atoms with Crippen LogP contribution in [0.5, 0.6) is 0 Å². The Hall–Kier alpha value is -3.17. The van der Waals surface area contributed by atoms with Crippen LogP contribution < -0.4 is 0 Å². The number of carbonyl (C=O) groups is 1. The number of aliphatic hydroxyl groups is 2. The Morgan fingerprint density at radius 1 is 1.19 bits per heavy atom. The number of benzene rings is 2. The van der Waals surface area contributed by atoms with E-state index in [2.05, 4.69) is 67.1 Å². The Kier molecular flexibility index (Phi) is 7.91. The molecule has 222 valence electrons. The van der Waals surface area contributed by atoms with Gasteiger partial charge in [0.1, 0.15) is 12.1 Å². The molecule has 1 saturated heterocycles. The number of fused-ring (bicyclic) bond motifs is 2. The number of amides is 1. The fraction of sp³-hybridized carbons (Fsp3) is 0.500. The number of hydroxylamine groups is 2. The molecule has 2 bridgehead atoms. The standard InChI is InChI=1S/C34H42N4O4/c1-21-26(15-27-16-29(21)34(27,3)4)17-36-33(41)32-31(22(2)40)30(19-39)42-38(32)18-23-6-5-7-25(14-23)24-8-10-28(11-9-24)37-13-12-35-20-37/h5-14,17,20-22,26-27,29-32,39-40H,15-16,18-19H2,1-4H3/t21-,22+,26?,27+,29+,30+,31-,32+/m1/s1. The number of hydrogen-bond acceptors (Lipinski definition) is 6. The predicted octanol–water partition coefficient (Wildman–Crippen LogP) is 4.93. The van der Waals surface area contributed by atoms with E-state index in [4.69, 9.17) is 4.84 Å². The van der Waals surface area contributed by atoms with Gasteiger partial charge in [-0.25, -0.2) is 9.98 Å². The zero-order valence-corrected chi connectivity index (χ0v) is 24.9. The molecule has 1 amide bonds. The van der Waals surface area contributed by atoms with Gasteiger partial charge in [-0.2, -0.15) is 5.06 Å². The van der Waals surface area contributed by atoms with Gasteiger partial charge in [0, 0.05) is 30.2 Å². The summed E-state index contributed by atoms with van der Waals surface area (Å²) in [6.45, 7) is 8.69. The molecule has 2 heterocycles. The van der Waals surface area contributed by atoms with E-state index < -0.39 is 24.2 Å². The van der Waals surface area contributed by atoms with Crippen molar-refractivity contribution in [2.24, 2.45) is 40.0 Å². The summed E-state index contributed by atoms with van der Waals surface area (Å²) in [5.41, 5.74) is 4.47. The molecule has 8 atom stereocenters. The molecule has 4 aliphatic rings. The number of carbonyl (C=O) groups excluding carboxylic acids is 1. The van der Waals surface area contributed by atoms with Gasteiger partial charge >= 0.3 is 0 Å². The lowest BCUT2D eigenvalue weighted by atomic mass is 9.43. The second-order valence-electron chi connectivity index (χ2n) is 13.1. The van der Waals surface area contributed by atoms with Crippen LogP contribution in [0, 0.1) is 35.0 Å². The van der Waals surface area contributed by atoms with Crippen molar-refractivity contribution >= 4 is 12.1 Å². The molecular weight excluding hydrogens is 528 g/mol. The molecular formula is C34H42N4O4. The minimum Gasteiger partial charge on any atom is -0.394 e. The zero-order chi connectivity index (χ0) is 29.6. The Morgan fingerprint density at radius 3 is 2.62 bits per heavy atom. The number of rotatable bonds is 8. The second-order valence-corrected chi connectivity index (χ2v) is 13.1. The molecule has 4 fully saturated rings. The monoisotopic (exact) mass is 570 g/mol. The van der Waals surface area contributed by atoms with Crippen LogP contribution >= 0.6 is 0 Å². The zero-order valence-electron chi connectivity index (χ0n) is 24.9. The maximum Gasteiger partial charge on any atom is 0.265 e. The Labute approximate surface area is 248 Å². The smallest absolute Gasteiger partial charge is 0.265 e. The van der Waals surface area contributed by atoms with Crippen molar-refractivity contribution in [1.82, 2.24) is 14.6 Å². The fourth-order valence-corrected chi connectivity index (χ4v) is 7.76. The first-order valence-corrected chi connectivity index (χ1v) is 15.2. The molecule has 1 aromatic heterocycles. The van der Waals surface area contributed by atoms with Crippen molar-refractivity contribution in [3.05, 3.63) is 72.8 Å². The largest absolute Gasteiger partial charge is 0.394 e. The summed E-state index contributed by atoms with van der Waals surface area (Å²) in [5, 5.41) is 22.4. The maximum absolute atomic E-state index is 13.7. The second kappa shape index (κ2) is 11.5. The van der Waals surface area contributed by atoms with Gasteiger partial charge < -0.3 is 14.8 Å². The molecule has 3 aromatic rings. The van der Waals surface area contributed by atoms with E-state index in [1.54, 1.807) is 24.5 Å². The van der Waals surface area contributed by atoms with Crippen LogP contribution in [0.4, 0.5) is 0 Å². The van der Waals surface area contributed by atoms with Crippen molar-refractivity contribution in [3.63, 3.8) is 0 Å². The Balaban J connectivity index is 1.20. The van der Waals surface area contributed by atoms with Crippen LogP contribution in [-0.4, -0.2) is 61.8 Å². The van der Waals surface area contributed by atoms with Crippen LogP contribution in [0.2, 0.25) is 0 Å². The van der Waals surface area contributed by atoms with Crippen molar-refractivity contribution in [2.45, 2.75) is 65.3 Å². The van der Waals surface area contributed by atoms with E-state index in [0.29, 0.717) is 29.7 Å². The van der Waals surface area contributed by atoms with Crippen molar-refractivity contribution in [1.29, 1.82) is 0 Å². The summed E-state index contributed by atoms with van der Waals surface area (Å²) in [6.07, 6.45) is 8.09. The molecule has 8 heteroatoms. The number of imidazole rings is 1. The third-order valence-electron chi connectivity index (χ3n) is 10.4. The molecule has 2 N–H and O–H groups in total. The number of aliphatic hydroxyl groups excluding tert-OH is 2. The van der Waals surface area contributed by atoms with Crippen LogP contribution in [0.15, 0.2) is 72.2 Å². The molecule has 1 aliphatic heterocycles. The molecule has 3 aliphatic carbocycles. The topological polar surface area (TPSA) is 100 Å². The van der Waals surface area contributed by atoms with Gasteiger partial charge in [0.25, 0.3) is 5.91 Å². The third kappa shape index (κ3) is 5.26. The highest BCUT2D eigenvalue weighted by atomic mass is 16.7. The molecule has 0 radical (unpaired) electrons. The number of nitrogens with zero attached hydrogens (tertiary/aromatic N) is 4. The third-order valence-corrected chi connectivity index (χ3v) is 10.4. The first-order valence-electron chi connectivity index (χ1n) is 15.2. The predicted molar refractivity (Wildman–Crippen MR) is 162 cm³/mol. The molecule has 7 rings (SSSR count). The highest BCUT2D eigenvalue weighted by molar-refractivity contribution is 5.90. The van der Waals surface area contributed by atoms with E-state index in [-0.39, 0.29) is 18.4 Å². The average Bonchev–Trinajstić information content (AvgIpc) is 3.65. The van der Waals surface area contributed by atoms with E-state index in [9.17, 15) is 15.0 Å². The maximum atomic E-state index is 13.7. The average molecular weight is 571 g/mol. The van der Waals surface area contributed by atoms with E-state index in [1.807, 2.05) is 29.1 Å². The Bertz CT molecular complexity index is 1420. The van der Waals surface area contributed by atoms with E-state index in [0.717, 1.165) is 28.8 Å². The van der Waals surface area contributed by atoms with Gasteiger partial charge in [-0.05, 0) is 83.7 Å². The van der Waals surface area contributed by atoms with Crippen LogP contribution in [-0.2, 0) is 16.2 Å². The van der Waals surface area contributed by atoms with Gasteiger partial charge in [-0.15, -0.1) is 0 Å². The molecule has 8 nitrogen and oxygen atoms in total. The van der Waals surface area contributed by atoms with Gasteiger partial charge in [0.05, 0.1) is 25.6 Å². The van der Waals surface area contributed by atoms with Gasteiger partial charge in [-0.1, -0.05) is 51.1 Å². The SMILES string of the molecule is C[C@H](O)[C@@H]1[C@H](CO)ON(Cc2cccc(-c3ccc(-n4ccnc4)cc3)c2)[C@@H]1C(=O)N=CC1C[C@H]2C[C@@H]([C@@H]1C)C2(C)C. The summed E-state index contributed by atoms with van der Waals surface area (Å²) in [7, 11) is 0. The van der Waals surface area contributed by atoms with E-state index >= 15 is 0 Å². The lowest BCUT2D eigenvalue weighted by Gasteiger charge is -2.61. The van der Waals surface area contributed by atoms with Crippen molar-refractivity contribution in [3.8, 4) is 16.8 Å². The minimum absolute atomic E-state index is 0.275. The summed E-state index contributed by atoms with van der Waals surface area (Å²) >= 11 is 0. The van der Waals surface area contributed by atoms with Crippen LogP contribution in [0.1, 0.15) is 46.1 Å². The Morgan fingerprint density at radius 2 is 1.98 bits per heavy atom. The van der Waals surface area contributed by atoms with Crippen LogP contribution in [0.3, 0.4) is 0 Å². The highest BCUT2D eigenvalue weighted by Crippen LogP contribution is 2.62. The molecule has 3 saturated carbocycles. The van der Waals surface area contributed by atoms with Crippen molar-refractivity contribution < 1.29 is 19.8 Å². The molecule has 1 unspecified atom stereocenters. The summed E-state index contributed by atoms with van der Waals surface area (Å²) < 4.78 is 1.96. The summed E-state index contributed by atoms with van der Waals surface area (Å²) in [5.74, 6) is 1.18. The van der Waals surface area contributed by atoms with Crippen LogP contribution in [0.25, 0.3) is 16.8 Å². The van der Waals surface area contributed by atoms with Crippen molar-refractivity contribution in [2.75, 3.05) is 6.61 Å². The summed E-state index contributed by atoms with van der Waals surface area (Å²) in [6, 6.07) is 15.6. The lowest BCUT2D eigenvalue weighted by molar-refractivity contribution is -0.180. The number of hydrogen-bond donors (Lipinski definition) is 2. The quantitative estimate of drug-likeness (QED) is 0.373. The van der Waals surface area contributed by atoms with Gasteiger partial charge in [-0.3, -0.25) is 9.63 Å². The highest BCUT2D eigenvalue weighted by Gasteiger charge is 2.56. The molecule has 42 heavy (non-hydrogen) atoms. The first-order chi connectivity index (χ1) is 20.2. The normalized spacial score (nSPS) is 31.2. The first kappa shape index (κ1) is 28.9. The molecule has 2 aromatic carbocycles. The fourth-order valence-electron chi connectivity index (χ4n) is 7.76. The molecule has 0 spiro atoms. The minimum atomic E-state index is -0.848. The van der Waals surface area contributed by atoms with Gasteiger partial charge in [0.2, 0.25) is 0 Å². The number of aliphatic imine (C=N–C) groups is 1. The number of aromatic nitrogens is 2. The van der Waals surface area contributed by atoms with E-state index in [1.165, 1.54) is 6.42 Å². The summed E-state index contributed by atoms with van der Waals surface area (Å²) in [4.78, 5) is 28.4. The van der Waals surface area contributed by atoms with Gasteiger partial charge in [0.15, 0.2) is 0 Å². The lowest BCUT2D eigenvalue weighted by Crippen LogP contribution is -2.55.